The summed E-state index contributed by atoms with van der Waals surface area (Å²) in [6.45, 7) is 0.818. The fourth-order valence-corrected chi connectivity index (χ4v) is 3.18. The van der Waals surface area contributed by atoms with Gasteiger partial charge in [0, 0.05) is 16.2 Å². The number of aromatic amines is 2. The Hall–Kier alpha value is -3.14. The van der Waals surface area contributed by atoms with E-state index in [9.17, 15) is 4.79 Å². The van der Waals surface area contributed by atoms with Crippen molar-refractivity contribution in [3.63, 3.8) is 0 Å². The second kappa shape index (κ2) is 7.23. The Kier molecular flexibility index (Phi) is 4.63. The topological polar surface area (TPSA) is 114 Å². The zero-order valence-electron chi connectivity index (χ0n) is 14.4. The van der Waals surface area contributed by atoms with Crippen molar-refractivity contribution < 1.29 is 4.74 Å². The summed E-state index contributed by atoms with van der Waals surface area (Å²) in [5.41, 5.74) is 2.60. The lowest BCUT2D eigenvalue weighted by Gasteiger charge is -2.10. The largest absolute Gasteiger partial charge is 0.496 e. The standard InChI is InChI=1S/C17H16BrN7O2/c1-27-14-3-2-11(18)6-10(14)9-25-15-13(22-17(25)26)8-20-16(23-15)19-7-12-4-5-21-24-12/h2-6,8H,7,9H2,1H3,(H,21,24)(H,22,26)(H,19,20,23). The lowest BCUT2D eigenvalue weighted by Crippen LogP contribution is -2.18. The molecule has 0 spiro atoms. The summed E-state index contributed by atoms with van der Waals surface area (Å²) in [6, 6.07) is 7.52. The minimum atomic E-state index is -0.257. The summed E-state index contributed by atoms with van der Waals surface area (Å²) in [6.07, 6.45) is 3.27. The van der Waals surface area contributed by atoms with Crippen molar-refractivity contribution in [3.8, 4) is 5.75 Å². The summed E-state index contributed by atoms with van der Waals surface area (Å²) in [5, 5.41) is 9.88. The molecule has 0 aliphatic heterocycles. The van der Waals surface area contributed by atoms with Crippen LogP contribution in [-0.2, 0) is 13.1 Å². The third-order valence-corrected chi connectivity index (χ3v) is 4.57. The molecule has 0 aliphatic rings. The number of benzene rings is 1. The molecular weight excluding hydrogens is 414 g/mol. The van der Waals surface area contributed by atoms with Crippen molar-refractivity contribution in [1.82, 2.24) is 29.7 Å². The molecule has 9 nitrogen and oxygen atoms in total. The van der Waals surface area contributed by atoms with E-state index in [1.54, 1.807) is 24.1 Å². The van der Waals surface area contributed by atoms with E-state index in [1.807, 2.05) is 24.3 Å². The average Bonchev–Trinajstić information content (AvgIpc) is 3.28. The van der Waals surface area contributed by atoms with Crippen LogP contribution in [0, 0.1) is 0 Å². The number of H-pyrrole nitrogens is 2. The van der Waals surface area contributed by atoms with Gasteiger partial charge in [-0.05, 0) is 24.3 Å². The summed E-state index contributed by atoms with van der Waals surface area (Å²) >= 11 is 3.45. The highest BCUT2D eigenvalue weighted by molar-refractivity contribution is 9.10. The van der Waals surface area contributed by atoms with Gasteiger partial charge in [0.2, 0.25) is 5.95 Å². The number of hydrogen-bond acceptors (Lipinski definition) is 6. The van der Waals surface area contributed by atoms with Gasteiger partial charge in [-0.15, -0.1) is 0 Å². The lowest BCUT2D eigenvalue weighted by atomic mass is 10.2. The number of nitrogens with one attached hydrogen (secondary N) is 3. The Bertz CT molecular complexity index is 1130. The molecule has 3 aromatic heterocycles. The van der Waals surface area contributed by atoms with Gasteiger partial charge < -0.3 is 15.0 Å². The number of nitrogens with zero attached hydrogens (tertiary/aromatic N) is 4. The van der Waals surface area contributed by atoms with Crippen molar-refractivity contribution in [2.75, 3.05) is 12.4 Å². The summed E-state index contributed by atoms with van der Waals surface area (Å²) in [4.78, 5) is 24.0. The van der Waals surface area contributed by atoms with Crippen molar-refractivity contribution in [2.24, 2.45) is 0 Å². The van der Waals surface area contributed by atoms with Crippen molar-refractivity contribution in [3.05, 3.63) is 62.9 Å². The molecule has 0 saturated heterocycles. The Balaban J connectivity index is 1.68. The highest BCUT2D eigenvalue weighted by atomic mass is 79.9. The van der Waals surface area contributed by atoms with Crippen LogP contribution < -0.4 is 15.7 Å². The molecule has 0 atom stereocenters. The fourth-order valence-electron chi connectivity index (χ4n) is 2.78. The van der Waals surface area contributed by atoms with Gasteiger partial charge in [0.25, 0.3) is 0 Å². The molecule has 0 unspecified atom stereocenters. The van der Waals surface area contributed by atoms with E-state index >= 15 is 0 Å². The molecule has 0 bridgehead atoms. The monoisotopic (exact) mass is 429 g/mol. The minimum Gasteiger partial charge on any atom is -0.496 e. The zero-order valence-corrected chi connectivity index (χ0v) is 15.9. The van der Waals surface area contributed by atoms with Gasteiger partial charge >= 0.3 is 5.69 Å². The molecular formula is C17H16BrN7O2. The average molecular weight is 430 g/mol. The number of hydrogen-bond donors (Lipinski definition) is 3. The Morgan fingerprint density at radius 3 is 3.00 bits per heavy atom. The molecule has 4 rings (SSSR count). The Morgan fingerprint density at radius 2 is 2.22 bits per heavy atom. The normalized spacial score (nSPS) is 11.0. The number of aromatic nitrogens is 6. The van der Waals surface area contributed by atoms with Crippen LogP contribution in [-0.4, -0.2) is 36.8 Å². The molecule has 0 radical (unpaired) electrons. The zero-order chi connectivity index (χ0) is 18.8. The summed E-state index contributed by atoms with van der Waals surface area (Å²) < 4.78 is 7.87. The first-order valence-corrected chi connectivity index (χ1v) is 8.93. The fraction of sp³-hybridized carbons (Fsp3) is 0.176. The van der Waals surface area contributed by atoms with E-state index < -0.39 is 0 Å². The lowest BCUT2D eigenvalue weighted by molar-refractivity contribution is 0.408. The Labute approximate surface area is 161 Å². The maximum absolute atomic E-state index is 12.4. The maximum Gasteiger partial charge on any atom is 0.328 e. The molecule has 0 aliphatic carbocycles. The number of imidazole rings is 1. The van der Waals surface area contributed by atoms with Gasteiger partial charge in [-0.3, -0.25) is 9.67 Å². The highest BCUT2D eigenvalue weighted by Crippen LogP contribution is 2.24. The van der Waals surface area contributed by atoms with Gasteiger partial charge in [0.05, 0.1) is 32.1 Å². The van der Waals surface area contributed by atoms with Crippen molar-refractivity contribution >= 4 is 33.0 Å². The molecule has 0 amide bonds. The van der Waals surface area contributed by atoms with Crippen LogP contribution in [0.5, 0.6) is 5.75 Å². The van der Waals surface area contributed by atoms with E-state index in [4.69, 9.17) is 4.74 Å². The van der Waals surface area contributed by atoms with Crippen LogP contribution in [0.1, 0.15) is 11.3 Å². The van der Waals surface area contributed by atoms with E-state index in [0.717, 1.165) is 15.7 Å². The van der Waals surface area contributed by atoms with Crippen molar-refractivity contribution in [1.29, 1.82) is 0 Å². The number of halogens is 1. The second-order valence-corrected chi connectivity index (χ2v) is 6.75. The van der Waals surface area contributed by atoms with Crippen LogP contribution >= 0.6 is 15.9 Å². The number of anilines is 1. The Morgan fingerprint density at radius 1 is 1.33 bits per heavy atom. The molecule has 3 N–H and O–H groups in total. The SMILES string of the molecule is COc1ccc(Br)cc1Cn1c(=O)[nH]c2cnc(NCc3ccn[nH]3)nc21. The second-order valence-electron chi connectivity index (χ2n) is 5.84. The van der Waals surface area contributed by atoms with Gasteiger partial charge in [-0.25, -0.2) is 9.78 Å². The molecule has 27 heavy (non-hydrogen) atoms. The van der Waals surface area contributed by atoms with Crippen LogP contribution in [0.2, 0.25) is 0 Å². The van der Waals surface area contributed by atoms with E-state index in [2.05, 4.69) is 46.4 Å². The molecule has 0 fully saturated rings. The number of rotatable bonds is 6. The predicted molar refractivity (Wildman–Crippen MR) is 104 cm³/mol. The van der Waals surface area contributed by atoms with E-state index in [0.29, 0.717) is 36.0 Å². The first-order valence-electron chi connectivity index (χ1n) is 8.14. The van der Waals surface area contributed by atoms with Gasteiger partial charge in [-0.1, -0.05) is 15.9 Å². The van der Waals surface area contributed by atoms with Crippen LogP contribution in [0.4, 0.5) is 5.95 Å². The van der Waals surface area contributed by atoms with Crippen LogP contribution in [0.25, 0.3) is 11.2 Å². The number of fused-ring (bicyclic) bond motifs is 1. The summed E-state index contributed by atoms with van der Waals surface area (Å²) in [7, 11) is 1.60. The molecule has 1 aromatic carbocycles. The third kappa shape index (κ3) is 3.56. The van der Waals surface area contributed by atoms with Gasteiger partial charge in [0.1, 0.15) is 11.3 Å². The van der Waals surface area contributed by atoms with E-state index in [-0.39, 0.29) is 5.69 Å². The third-order valence-electron chi connectivity index (χ3n) is 4.08. The molecule has 4 aromatic rings. The summed E-state index contributed by atoms with van der Waals surface area (Å²) in [5.74, 6) is 1.12. The molecule has 0 saturated carbocycles. The van der Waals surface area contributed by atoms with Crippen LogP contribution in [0.3, 0.4) is 0 Å². The quantitative estimate of drug-likeness (QED) is 0.433. The van der Waals surface area contributed by atoms with E-state index in [1.165, 1.54) is 0 Å². The molecule has 138 valence electrons. The minimum absolute atomic E-state index is 0.257. The van der Waals surface area contributed by atoms with Gasteiger partial charge in [0.15, 0.2) is 5.65 Å². The number of ether oxygens (including phenoxy) is 1. The van der Waals surface area contributed by atoms with Crippen molar-refractivity contribution in [2.45, 2.75) is 13.1 Å². The first-order chi connectivity index (χ1) is 13.1. The van der Waals surface area contributed by atoms with Crippen LogP contribution in [0.15, 0.2) is 45.9 Å². The highest BCUT2D eigenvalue weighted by Gasteiger charge is 2.13. The van der Waals surface area contributed by atoms with Gasteiger partial charge in [-0.2, -0.15) is 10.1 Å². The molecule has 3 heterocycles. The first kappa shape index (κ1) is 17.3. The molecule has 10 heteroatoms. The smallest absolute Gasteiger partial charge is 0.328 e. The predicted octanol–water partition coefficient (Wildman–Crippen LogP) is 2.27. The number of methoxy groups -OCH3 is 1. The maximum atomic E-state index is 12.4.